The molecule has 0 spiro atoms. The molecule has 10 nitrogen and oxygen atoms in total. The lowest BCUT2D eigenvalue weighted by molar-refractivity contribution is -0.127. The zero-order chi connectivity index (χ0) is 24.5. The summed E-state index contributed by atoms with van der Waals surface area (Å²) in [6.45, 7) is 4.91. The zero-order valence-electron chi connectivity index (χ0n) is 19.4. The first kappa shape index (κ1) is 22.3. The summed E-state index contributed by atoms with van der Waals surface area (Å²) in [6, 6.07) is 5.17. The Morgan fingerprint density at radius 3 is 2.34 bits per heavy atom. The van der Waals surface area contributed by atoms with Gasteiger partial charge in [0.15, 0.2) is 0 Å². The molecular weight excluding hydrogens is 446 g/mol. The molecule has 0 radical (unpaired) electrons. The van der Waals surface area contributed by atoms with Crippen LogP contribution in [0.25, 0.3) is 22.3 Å². The van der Waals surface area contributed by atoms with E-state index >= 15 is 0 Å². The third-order valence-electron chi connectivity index (χ3n) is 6.10. The summed E-state index contributed by atoms with van der Waals surface area (Å²) in [5, 5.41) is 0.639. The van der Waals surface area contributed by atoms with Gasteiger partial charge in [0.05, 0.1) is 23.0 Å². The van der Waals surface area contributed by atoms with Crippen LogP contribution in [0.4, 0.5) is 0 Å². The average Bonchev–Trinajstić information content (AvgIpc) is 3.35. The molecule has 10 heteroatoms. The smallest absolute Gasteiger partial charge is 0.295 e. The van der Waals surface area contributed by atoms with Gasteiger partial charge in [-0.3, -0.25) is 34.3 Å². The van der Waals surface area contributed by atoms with Crippen LogP contribution in [-0.4, -0.2) is 78.5 Å². The first-order chi connectivity index (χ1) is 16.9. The molecular formula is C25H23N7O3. The van der Waals surface area contributed by atoms with Crippen LogP contribution in [0.1, 0.15) is 32.1 Å². The number of amides is 2. The Kier molecular flexibility index (Phi) is 5.77. The van der Waals surface area contributed by atoms with Crippen molar-refractivity contribution in [3.63, 3.8) is 0 Å². The molecule has 2 amide bonds. The minimum absolute atomic E-state index is 0.185. The number of nitrogens with one attached hydrogen (secondary N) is 1. The molecule has 4 aromatic heterocycles. The fourth-order valence-electron chi connectivity index (χ4n) is 4.22. The summed E-state index contributed by atoms with van der Waals surface area (Å²) in [7, 11) is 0. The Morgan fingerprint density at radius 1 is 0.886 bits per heavy atom. The molecule has 4 aromatic rings. The molecule has 1 fully saturated rings. The number of piperazine rings is 1. The number of rotatable bonds is 4. The van der Waals surface area contributed by atoms with E-state index in [1.54, 1.807) is 54.1 Å². The van der Waals surface area contributed by atoms with Crippen LogP contribution in [0.5, 0.6) is 0 Å². The van der Waals surface area contributed by atoms with Crippen LogP contribution in [0.15, 0.2) is 49.2 Å². The Morgan fingerprint density at radius 2 is 1.66 bits per heavy atom. The van der Waals surface area contributed by atoms with E-state index in [0.717, 1.165) is 11.3 Å². The molecule has 1 saturated heterocycles. The fourth-order valence-corrected chi connectivity index (χ4v) is 4.22. The van der Waals surface area contributed by atoms with Gasteiger partial charge in [-0.25, -0.2) is 0 Å². The molecule has 0 bridgehead atoms. The fraction of sp³-hybridized carbons (Fsp3) is 0.240. The van der Waals surface area contributed by atoms with Gasteiger partial charge in [-0.2, -0.15) is 0 Å². The quantitative estimate of drug-likeness (QED) is 0.359. The SMILES string of the molecule is Cc1cnc(-c2ncc(C)c3c(C(=O)C(=O)N4CCN(C(=O)c5ccccn5)CC4)c[nH]c23)cn1. The molecule has 1 aliphatic heterocycles. The monoisotopic (exact) mass is 469 g/mol. The van der Waals surface area contributed by atoms with Gasteiger partial charge in [0.25, 0.3) is 17.6 Å². The molecule has 1 aliphatic rings. The van der Waals surface area contributed by atoms with Crippen molar-refractivity contribution >= 4 is 28.5 Å². The number of nitrogens with zero attached hydrogens (tertiary/aromatic N) is 6. The Bertz CT molecular complexity index is 1420. The van der Waals surface area contributed by atoms with Crippen LogP contribution in [0.3, 0.4) is 0 Å². The van der Waals surface area contributed by atoms with E-state index in [1.807, 2.05) is 13.8 Å². The van der Waals surface area contributed by atoms with Gasteiger partial charge in [0.1, 0.15) is 17.1 Å². The lowest BCUT2D eigenvalue weighted by atomic mass is 10.0. The topological polar surface area (TPSA) is 125 Å². The maximum atomic E-state index is 13.3. The van der Waals surface area contributed by atoms with Crippen molar-refractivity contribution in [3.05, 3.63) is 71.7 Å². The maximum absolute atomic E-state index is 13.3. The predicted molar refractivity (Wildman–Crippen MR) is 128 cm³/mol. The minimum Gasteiger partial charge on any atom is -0.359 e. The number of H-pyrrole nitrogens is 1. The van der Waals surface area contributed by atoms with Gasteiger partial charge in [-0.1, -0.05) is 6.07 Å². The molecule has 0 saturated carbocycles. The maximum Gasteiger partial charge on any atom is 0.295 e. The number of carbonyl (C=O) groups excluding carboxylic acids is 3. The number of pyridine rings is 2. The van der Waals surface area contributed by atoms with Crippen LogP contribution in [0, 0.1) is 13.8 Å². The minimum atomic E-state index is -0.601. The molecule has 5 heterocycles. The van der Waals surface area contributed by atoms with Crippen molar-refractivity contribution in [2.75, 3.05) is 26.2 Å². The summed E-state index contributed by atoms with van der Waals surface area (Å²) < 4.78 is 0. The highest BCUT2D eigenvalue weighted by Crippen LogP contribution is 2.29. The number of carbonyl (C=O) groups is 3. The van der Waals surface area contributed by atoms with Gasteiger partial charge in [0, 0.05) is 56.4 Å². The molecule has 0 unspecified atom stereocenters. The molecule has 0 aliphatic carbocycles. The van der Waals surface area contributed by atoms with Gasteiger partial charge in [-0.15, -0.1) is 0 Å². The summed E-state index contributed by atoms with van der Waals surface area (Å²) in [6.07, 6.45) is 8.06. The average molecular weight is 470 g/mol. The summed E-state index contributed by atoms with van der Waals surface area (Å²) in [4.78, 5) is 62.5. The van der Waals surface area contributed by atoms with Crippen LogP contribution >= 0.6 is 0 Å². The van der Waals surface area contributed by atoms with Crippen molar-refractivity contribution in [1.29, 1.82) is 0 Å². The number of hydrogen-bond donors (Lipinski definition) is 1. The zero-order valence-corrected chi connectivity index (χ0v) is 19.4. The molecule has 1 N–H and O–H groups in total. The van der Waals surface area contributed by atoms with E-state index in [0.29, 0.717) is 46.6 Å². The highest BCUT2D eigenvalue weighted by molar-refractivity contribution is 6.45. The summed E-state index contributed by atoms with van der Waals surface area (Å²) >= 11 is 0. The largest absolute Gasteiger partial charge is 0.359 e. The highest BCUT2D eigenvalue weighted by atomic mass is 16.2. The Hall–Kier alpha value is -4.47. The number of ketones is 1. The van der Waals surface area contributed by atoms with E-state index in [2.05, 4.69) is 24.9 Å². The lowest BCUT2D eigenvalue weighted by Gasteiger charge is -2.34. The molecule has 35 heavy (non-hydrogen) atoms. The van der Waals surface area contributed by atoms with E-state index < -0.39 is 11.7 Å². The van der Waals surface area contributed by atoms with E-state index in [9.17, 15) is 14.4 Å². The second-order valence-electron chi connectivity index (χ2n) is 8.41. The number of hydrogen-bond acceptors (Lipinski definition) is 7. The van der Waals surface area contributed by atoms with E-state index in [-0.39, 0.29) is 19.0 Å². The number of aromatic amines is 1. The molecule has 176 valence electrons. The second-order valence-corrected chi connectivity index (χ2v) is 8.41. The number of aromatic nitrogens is 5. The van der Waals surface area contributed by atoms with Crippen molar-refractivity contribution in [1.82, 2.24) is 34.7 Å². The first-order valence-corrected chi connectivity index (χ1v) is 11.2. The molecule has 0 aromatic carbocycles. The van der Waals surface area contributed by atoms with Crippen molar-refractivity contribution < 1.29 is 14.4 Å². The van der Waals surface area contributed by atoms with Crippen molar-refractivity contribution in [3.8, 4) is 11.4 Å². The first-order valence-electron chi connectivity index (χ1n) is 11.2. The number of Topliss-reactive ketones (excluding diaryl/α,β-unsaturated/α-hetero) is 1. The van der Waals surface area contributed by atoms with Gasteiger partial charge in [-0.05, 0) is 31.5 Å². The second kappa shape index (κ2) is 9.05. The van der Waals surface area contributed by atoms with E-state index in [1.165, 1.54) is 4.90 Å². The van der Waals surface area contributed by atoms with Crippen LogP contribution in [-0.2, 0) is 4.79 Å². The van der Waals surface area contributed by atoms with Crippen LogP contribution in [0.2, 0.25) is 0 Å². The van der Waals surface area contributed by atoms with Gasteiger partial charge < -0.3 is 14.8 Å². The van der Waals surface area contributed by atoms with Gasteiger partial charge in [0.2, 0.25) is 0 Å². The standard InChI is InChI=1S/C25H23N7O3/c1-15-11-29-21(19-14-27-16(2)12-28-19)22-20(15)17(13-30-22)23(33)25(35)32-9-7-31(8-10-32)24(34)18-5-3-4-6-26-18/h3-6,11-14,30H,7-10H2,1-2H3. The summed E-state index contributed by atoms with van der Waals surface area (Å²) in [5.41, 5.74) is 3.97. The third kappa shape index (κ3) is 4.14. The highest BCUT2D eigenvalue weighted by Gasteiger charge is 2.31. The van der Waals surface area contributed by atoms with Crippen LogP contribution < -0.4 is 0 Å². The Balaban J connectivity index is 1.35. The number of fused-ring (bicyclic) bond motifs is 1. The van der Waals surface area contributed by atoms with Crippen molar-refractivity contribution in [2.45, 2.75) is 13.8 Å². The van der Waals surface area contributed by atoms with Crippen molar-refractivity contribution in [2.24, 2.45) is 0 Å². The lowest BCUT2D eigenvalue weighted by Crippen LogP contribution is -2.52. The summed E-state index contributed by atoms with van der Waals surface area (Å²) in [5.74, 6) is -1.38. The molecule has 0 atom stereocenters. The van der Waals surface area contributed by atoms with Gasteiger partial charge >= 0.3 is 0 Å². The molecule has 5 rings (SSSR count). The Labute approximate surface area is 201 Å². The normalized spacial score (nSPS) is 13.8. The predicted octanol–water partition coefficient (Wildman–Crippen LogP) is 2.20. The van der Waals surface area contributed by atoms with E-state index in [4.69, 9.17) is 0 Å². The third-order valence-corrected chi connectivity index (χ3v) is 6.10. The number of aryl methyl sites for hydroxylation is 2.